The highest BCUT2D eigenvalue weighted by Crippen LogP contribution is 2.65. The molecule has 2 N–H and O–H groups in total. The van der Waals surface area contributed by atoms with E-state index in [1.807, 2.05) is 0 Å². The zero-order valence-electron chi connectivity index (χ0n) is 8.17. The van der Waals surface area contributed by atoms with Gasteiger partial charge >= 0.3 is 0 Å². The Morgan fingerprint density at radius 1 is 1.07 bits per heavy atom. The lowest BCUT2D eigenvalue weighted by atomic mass is 9.63. The normalized spacial score (nSPS) is 54.6. The van der Waals surface area contributed by atoms with Gasteiger partial charge in [0.2, 0.25) is 11.8 Å². The number of nitrogens with two attached hydrogens (primary N) is 1. The summed E-state index contributed by atoms with van der Waals surface area (Å²) in [6, 6.07) is 0. The topological polar surface area (TPSA) is 63.4 Å². The fraction of sp³-hybridized carbons (Fsp3) is 0.636. The van der Waals surface area contributed by atoms with Crippen molar-refractivity contribution >= 4 is 11.8 Å². The van der Waals surface area contributed by atoms with Crippen LogP contribution in [-0.2, 0) is 9.59 Å². The van der Waals surface area contributed by atoms with Crippen molar-refractivity contribution in [2.45, 2.75) is 6.42 Å². The van der Waals surface area contributed by atoms with Gasteiger partial charge < -0.3 is 0 Å². The average Bonchev–Trinajstić information content (AvgIpc) is 3.02. The van der Waals surface area contributed by atoms with E-state index in [0.717, 1.165) is 5.01 Å². The predicted molar refractivity (Wildman–Crippen MR) is 50.7 cm³/mol. The lowest BCUT2D eigenvalue weighted by Crippen LogP contribution is -2.40. The molecule has 4 heteroatoms. The smallest absolute Gasteiger partial charge is 0.248 e. The van der Waals surface area contributed by atoms with Crippen molar-refractivity contribution in [1.29, 1.82) is 0 Å². The van der Waals surface area contributed by atoms with Gasteiger partial charge in [-0.15, -0.1) is 0 Å². The number of allylic oxidation sites excluding steroid dienone is 2. The van der Waals surface area contributed by atoms with Gasteiger partial charge in [0, 0.05) is 0 Å². The first-order valence-corrected chi connectivity index (χ1v) is 5.51. The second-order valence-corrected chi connectivity index (χ2v) is 5.20. The third kappa shape index (κ3) is 0.718. The fourth-order valence-electron chi connectivity index (χ4n) is 3.98. The summed E-state index contributed by atoms with van der Waals surface area (Å²) in [5, 5.41) is 0.854. The predicted octanol–water partition coefficient (Wildman–Crippen LogP) is -0.0868. The summed E-state index contributed by atoms with van der Waals surface area (Å²) in [7, 11) is 0. The Balaban J connectivity index is 1.86. The molecule has 0 spiro atoms. The van der Waals surface area contributed by atoms with Crippen LogP contribution < -0.4 is 5.84 Å². The summed E-state index contributed by atoms with van der Waals surface area (Å²) >= 11 is 0. The van der Waals surface area contributed by atoms with Gasteiger partial charge in [0.1, 0.15) is 0 Å². The molecular formula is C11H12N2O2. The van der Waals surface area contributed by atoms with Crippen molar-refractivity contribution in [3.05, 3.63) is 12.2 Å². The van der Waals surface area contributed by atoms with Crippen LogP contribution in [0.25, 0.3) is 0 Å². The van der Waals surface area contributed by atoms with Crippen LogP contribution in [0.3, 0.4) is 0 Å². The monoisotopic (exact) mass is 204 g/mol. The Labute approximate surface area is 87.1 Å². The molecule has 1 heterocycles. The summed E-state index contributed by atoms with van der Waals surface area (Å²) in [6.07, 6.45) is 5.48. The van der Waals surface area contributed by atoms with Crippen molar-refractivity contribution in [2.75, 3.05) is 0 Å². The minimum Gasteiger partial charge on any atom is -0.273 e. The number of hydrazine groups is 1. The number of amides is 2. The third-order valence-electron chi connectivity index (χ3n) is 4.70. The summed E-state index contributed by atoms with van der Waals surface area (Å²) in [5.41, 5.74) is 0. The lowest BCUT2D eigenvalue weighted by Gasteiger charge is -2.37. The number of hydrogen-bond donors (Lipinski definition) is 1. The van der Waals surface area contributed by atoms with Crippen molar-refractivity contribution < 1.29 is 9.59 Å². The Morgan fingerprint density at radius 2 is 1.53 bits per heavy atom. The summed E-state index contributed by atoms with van der Waals surface area (Å²) in [5.74, 6) is 6.80. The van der Waals surface area contributed by atoms with Gasteiger partial charge in [0.15, 0.2) is 0 Å². The zero-order chi connectivity index (χ0) is 10.3. The molecule has 5 aliphatic rings. The molecule has 0 aromatic rings. The van der Waals surface area contributed by atoms with Crippen molar-refractivity contribution in [3.8, 4) is 0 Å². The maximum atomic E-state index is 11.9. The maximum Gasteiger partial charge on any atom is 0.248 e. The van der Waals surface area contributed by atoms with Crippen LogP contribution in [0.1, 0.15) is 6.42 Å². The molecule has 4 nitrogen and oxygen atoms in total. The largest absolute Gasteiger partial charge is 0.273 e. The molecule has 2 amide bonds. The number of imide groups is 1. The van der Waals surface area contributed by atoms with Crippen LogP contribution in [0.5, 0.6) is 0 Å². The van der Waals surface area contributed by atoms with E-state index in [4.69, 9.17) is 5.84 Å². The molecule has 3 fully saturated rings. The molecule has 78 valence electrons. The van der Waals surface area contributed by atoms with Crippen LogP contribution in [0.2, 0.25) is 0 Å². The van der Waals surface area contributed by atoms with Crippen LogP contribution in [-0.4, -0.2) is 16.8 Å². The van der Waals surface area contributed by atoms with Crippen LogP contribution in [0, 0.1) is 35.5 Å². The van der Waals surface area contributed by atoms with Crippen LogP contribution in [0.4, 0.5) is 0 Å². The van der Waals surface area contributed by atoms with Crippen molar-refractivity contribution in [1.82, 2.24) is 5.01 Å². The lowest BCUT2D eigenvalue weighted by molar-refractivity contribution is -0.140. The summed E-state index contributed by atoms with van der Waals surface area (Å²) in [6.45, 7) is 0. The molecular weight excluding hydrogens is 192 g/mol. The molecule has 4 aliphatic carbocycles. The highest BCUT2D eigenvalue weighted by atomic mass is 16.2. The SMILES string of the molecule is NN1C(=O)[C@@H]2C3C=CC([C@H]4C[C@@H]34)[C@@H]2C1=O. The Hall–Kier alpha value is -1.16. The van der Waals surface area contributed by atoms with Gasteiger partial charge in [-0.05, 0) is 30.1 Å². The van der Waals surface area contributed by atoms with E-state index in [2.05, 4.69) is 12.2 Å². The van der Waals surface area contributed by atoms with Gasteiger partial charge in [0.25, 0.3) is 0 Å². The maximum absolute atomic E-state index is 11.9. The van der Waals surface area contributed by atoms with E-state index < -0.39 is 0 Å². The number of nitrogens with zero attached hydrogens (tertiary/aromatic N) is 1. The van der Waals surface area contributed by atoms with Crippen molar-refractivity contribution in [3.63, 3.8) is 0 Å². The zero-order valence-corrected chi connectivity index (χ0v) is 8.17. The third-order valence-corrected chi connectivity index (χ3v) is 4.70. The number of rotatable bonds is 0. The number of hydrogen-bond acceptors (Lipinski definition) is 3. The standard InChI is InChI=1S/C11H12N2O2/c12-13-10(14)8-4-1-2-5(7-3-6(4)7)9(8)11(13)15/h1-2,4-9H,3,12H2/t4?,5?,6-,7+,8+,9-. The first-order chi connectivity index (χ1) is 7.20. The molecule has 0 radical (unpaired) electrons. The molecule has 2 bridgehead atoms. The van der Waals surface area contributed by atoms with Gasteiger partial charge in [-0.2, -0.15) is 0 Å². The Bertz CT molecular complexity index is 381. The van der Waals surface area contributed by atoms with E-state index in [1.165, 1.54) is 6.42 Å². The molecule has 1 saturated heterocycles. The Kier molecular flexibility index (Phi) is 1.16. The molecule has 6 atom stereocenters. The molecule has 15 heavy (non-hydrogen) atoms. The van der Waals surface area contributed by atoms with Crippen molar-refractivity contribution in [2.24, 2.45) is 41.4 Å². The highest BCUT2D eigenvalue weighted by Gasteiger charge is 2.66. The van der Waals surface area contributed by atoms with E-state index in [0.29, 0.717) is 11.8 Å². The van der Waals surface area contributed by atoms with E-state index in [-0.39, 0.29) is 35.5 Å². The van der Waals surface area contributed by atoms with Crippen LogP contribution in [0.15, 0.2) is 12.2 Å². The quantitative estimate of drug-likeness (QED) is 0.260. The minimum atomic E-state index is -0.158. The summed E-state index contributed by atoms with van der Waals surface area (Å²) < 4.78 is 0. The second-order valence-electron chi connectivity index (χ2n) is 5.20. The van der Waals surface area contributed by atoms with E-state index in [1.54, 1.807) is 0 Å². The Morgan fingerprint density at radius 3 is 2.00 bits per heavy atom. The van der Waals surface area contributed by atoms with Gasteiger partial charge in [-0.25, -0.2) is 10.9 Å². The van der Waals surface area contributed by atoms with Gasteiger partial charge in [-0.3, -0.25) is 9.59 Å². The molecule has 0 aromatic carbocycles. The molecule has 1 aliphatic heterocycles. The number of carbonyl (C=O) groups is 2. The average molecular weight is 204 g/mol. The second kappa shape index (κ2) is 2.16. The van der Waals surface area contributed by atoms with Crippen LogP contribution >= 0.6 is 0 Å². The first-order valence-electron chi connectivity index (χ1n) is 5.51. The molecule has 2 unspecified atom stereocenters. The van der Waals surface area contributed by atoms with Gasteiger partial charge in [0.05, 0.1) is 11.8 Å². The molecule has 0 aromatic heterocycles. The van der Waals surface area contributed by atoms with Gasteiger partial charge in [-0.1, -0.05) is 12.2 Å². The number of carbonyl (C=O) groups excluding carboxylic acids is 2. The first kappa shape index (κ1) is 8.05. The minimum absolute atomic E-state index is 0.138. The highest BCUT2D eigenvalue weighted by molar-refractivity contribution is 6.05. The van der Waals surface area contributed by atoms with E-state index >= 15 is 0 Å². The molecule has 2 saturated carbocycles. The van der Waals surface area contributed by atoms with E-state index in [9.17, 15) is 9.59 Å². The summed E-state index contributed by atoms with van der Waals surface area (Å²) in [4.78, 5) is 23.7. The molecule has 5 rings (SSSR count). The fourth-order valence-corrected chi connectivity index (χ4v) is 3.98.